The second-order valence-corrected chi connectivity index (χ2v) is 5.20. The molecule has 0 aromatic heterocycles. The number of hydrogen-bond acceptors (Lipinski definition) is 4. The number of ether oxygens (including phenoxy) is 1. The van der Waals surface area contributed by atoms with E-state index in [-0.39, 0.29) is 17.9 Å². The minimum Gasteiger partial charge on any atom is -0.376 e. The number of carbonyl (C=O) groups is 2. The van der Waals surface area contributed by atoms with Crippen LogP contribution in [0.25, 0.3) is 0 Å². The van der Waals surface area contributed by atoms with E-state index in [0.717, 1.165) is 25.7 Å². The van der Waals surface area contributed by atoms with Crippen molar-refractivity contribution in [2.24, 2.45) is 5.73 Å². The van der Waals surface area contributed by atoms with E-state index in [4.69, 9.17) is 10.5 Å². The molecular formula is C13H22N2O3. The van der Waals surface area contributed by atoms with Crippen LogP contribution in [-0.4, -0.2) is 42.0 Å². The summed E-state index contributed by atoms with van der Waals surface area (Å²) in [7, 11) is 0. The molecule has 5 heteroatoms. The maximum atomic E-state index is 11.6. The fraction of sp³-hybridized carbons (Fsp3) is 0.846. The smallest absolute Gasteiger partial charge is 0.229 e. The lowest BCUT2D eigenvalue weighted by molar-refractivity contribution is -0.149. The van der Waals surface area contributed by atoms with E-state index in [0.29, 0.717) is 38.5 Å². The highest BCUT2D eigenvalue weighted by molar-refractivity contribution is 5.97. The highest BCUT2D eigenvalue weighted by atomic mass is 16.5. The van der Waals surface area contributed by atoms with Crippen LogP contribution >= 0.6 is 0 Å². The van der Waals surface area contributed by atoms with Crippen molar-refractivity contribution < 1.29 is 14.3 Å². The minimum atomic E-state index is -0.0551. The van der Waals surface area contributed by atoms with Crippen LogP contribution in [0.15, 0.2) is 0 Å². The first kappa shape index (κ1) is 13.5. The number of carbonyl (C=O) groups excluding carboxylic acids is 2. The van der Waals surface area contributed by atoms with Crippen LogP contribution in [0.3, 0.4) is 0 Å². The molecule has 0 atom stereocenters. The molecule has 1 aliphatic heterocycles. The first-order valence-corrected chi connectivity index (χ1v) is 6.87. The highest BCUT2D eigenvalue weighted by Gasteiger charge is 2.26. The van der Waals surface area contributed by atoms with Gasteiger partial charge in [0.15, 0.2) is 0 Å². The molecule has 0 radical (unpaired) electrons. The fourth-order valence-corrected chi connectivity index (χ4v) is 2.62. The van der Waals surface area contributed by atoms with Gasteiger partial charge in [0.1, 0.15) is 0 Å². The molecular weight excluding hydrogens is 232 g/mol. The van der Waals surface area contributed by atoms with E-state index in [1.807, 2.05) is 0 Å². The average molecular weight is 254 g/mol. The Morgan fingerprint density at radius 2 is 1.72 bits per heavy atom. The number of nitrogens with two attached hydrogens (primary N) is 1. The van der Waals surface area contributed by atoms with Crippen molar-refractivity contribution in [2.45, 2.75) is 57.1 Å². The summed E-state index contributed by atoms with van der Waals surface area (Å²) < 4.78 is 5.73. The molecule has 1 saturated carbocycles. The Hall–Kier alpha value is -0.940. The Morgan fingerprint density at radius 3 is 2.33 bits per heavy atom. The predicted octanol–water partition coefficient (Wildman–Crippen LogP) is 0.812. The Bertz CT molecular complexity index is 295. The number of imide groups is 1. The normalized spacial score (nSPS) is 29.7. The third-order valence-electron chi connectivity index (χ3n) is 3.77. The zero-order chi connectivity index (χ0) is 13.0. The summed E-state index contributed by atoms with van der Waals surface area (Å²) in [6.07, 6.45) is 5.91. The third kappa shape index (κ3) is 3.53. The first-order chi connectivity index (χ1) is 8.66. The van der Waals surface area contributed by atoms with Gasteiger partial charge in [-0.25, -0.2) is 0 Å². The zero-order valence-electron chi connectivity index (χ0n) is 10.8. The van der Waals surface area contributed by atoms with Gasteiger partial charge in [0.05, 0.1) is 19.3 Å². The highest BCUT2D eigenvalue weighted by Crippen LogP contribution is 2.20. The minimum absolute atomic E-state index is 0.0551. The molecule has 1 saturated heterocycles. The number of hydrogen-bond donors (Lipinski definition) is 1. The van der Waals surface area contributed by atoms with Crippen molar-refractivity contribution in [2.75, 3.05) is 13.2 Å². The zero-order valence-corrected chi connectivity index (χ0v) is 10.8. The van der Waals surface area contributed by atoms with Crippen LogP contribution in [0.5, 0.6) is 0 Å². The molecule has 0 aromatic rings. The number of nitrogens with zero attached hydrogens (tertiary/aromatic N) is 1. The quantitative estimate of drug-likeness (QED) is 0.754. The van der Waals surface area contributed by atoms with Crippen LogP contribution in [-0.2, 0) is 14.3 Å². The van der Waals surface area contributed by atoms with Gasteiger partial charge in [0, 0.05) is 18.9 Å². The second kappa shape index (κ2) is 6.29. The first-order valence-electron chi connectivity index (χ1n) is 6.87. The van der Waals surface area contributed by atoms with Crippen molar-refractivity contribution in [3.63, 3.8) is 0 Å². The van der Waals surface area contributed by atoms with Gasteiger partial charge in [-0.15, -0.1) is 0 Å². The van der Waals surface area contributed by atoms with E-state index in [2.05, 4.69) is 0 Å². The van der Waals surface area contributed by atoms with Gasteiger partial charge in [0.25, 0.3) is 0 Å². The molecule has 1 heterocycles. The molecule has 102 valence electrons. The fourth-order valence-electron chi connectivity index (χ4n) is 2.62. The molecule has 2 N–H and O–H groups in total. The van der Waals surface area contributed by atoms with Crippen molar-refractivity contribution in [3.05, 3.63) is 0 Å². The molecule has 2 fully saturated rings. The maximum absolute atomic E-state index is 11.6. The molecule has 18 heavy (non-hydrogen) atoms. The maximum Gasteiger partial charge on any atom is 0.229 e. The lowest BCUT2D eigenvalue weighted by Crippen LogP contribution is -2.42. The topological polar surface area (TPSA) is 72.6 Å². The van der Waals surface area contributed by atoms with E-state index >= 15 is 0 Å². The van der Waals surface area contributed by atoms with E-state index in [1.165, 1.54) is 4.90 Å². The number of piperidine rings is 1. The van der Waals surface area contributed by atoms with Crippen LogP contribution in [0.2, 0.25) is 0 Å². The summed E-state index contributed by atoms with van der Waals surface area (Å²) in [5, 5.41) is 0. The number of amides is 2. The molecule has 2 rings (SSSR count). The van der Waals surface area contributed by atoms with Gasteiger partial charge in [-0.3, -0.25) is 14.5 Å². The number of rotatable bonds is 4. The van der Waals surface area contributed by atoms with E-state index in [9.17, 15) is 9.59 Å². The summed E-state index contributed by atoms with van der Waals surface area (Å²) in [6, 6.07) is 0.315. The van der Waals surface area contributed by atoms with Crippen molar-refractivity contribution in [1.29, 1.82) is 0 Å². The van der Waals surface area contributed by atoms with Crippen LogP contribution in [0.4, 0.5) is 0 Å². The summed E-state index contributed by atoms with van der Waals surface area (Å²) in [5.41, 5.74) is 5.83. The average Bonchev–Trinajstić information content (AvgIpc) is 2.35. The third-order valence-corrected chi connectivity index (χ3v) is 3.77. The molecule has 5 nitrogen and oxygen atoms in total. The largest absolute Gasteiger partial charge is 0.376 e. The van der Waals surface area contributed by atoms with Crippen molar-refractivity contribution >= 4 is 11.8 Å². The molecule has 2 aliphatic rings. The summed E-state index contributed by atoms with van der Waals surface area (Å²) in [6.45, 7) is 0.859. The van der Waals surface area contributed by atoms with Gasteiger partial charge in [0.2, 0.25) is 11.8 Å². The van der Waals surface area contributed by atoms with Gasteiger partial charge in [-0.05, 0) is 32.1 Å². The van der Waals surface area contributed by atoms with Gasteiger partial charge in [-0.2, -0.15) is 0 Å². The molecule has 2 amide bonds. The Balaban J connectivity index is 1.68. The van der Waals surface area contributed by atoms with Gasteiger partial charge in [-0.1, -0.05) is 0 Å². The predicted molar refractivity (Wildman–Crippen MR) is 66.8 cm³/mol. The Labute approximate surface area is 108 Å². The van der Waals surface area contributed by atoms with E-state index in [1.54, 1.807) is 0 Å². The molecule has 0 bridgehead atoms. The lowest BCUT2D eigenvalue weighted by Gasteiger charge is -2.28. The molecule has 0 unspecified atom stereocenters. The summed E-state index contributed by atoms with van der Waals surface area (Å²) in [4.78, 5) is 24.5. The van der Waals surface area contributed by atoms with Gasteiger partial charge >= 0.3 is 0 Å². The summed E-state index contributed by atoms with van der Waals surface area (Å²) in [5.74, 6) is -0.110. The monoisotopic (exact) mass is 254 g/mol. The Morgan fingerprint density at radius 1 is 1.11 bits per heavy atom. The van der Waals surface area contributed by atoms with Crippen LogP contribution in [0, 0.1) is 0 Å². The molecule has 0 spiro atoms. The van der Waals surface area contributed by atoms with Crippen LogP contribution < -0.4 is 5.73 Å². The van der Waals surface area contributed by atoms with Crippen molar-refractivity contribution in [1.82, 2.24) is 4.90 Å². The standard InChI is InChI=1S/C13H22N2O3/c14-10-4-6-11(7-5-10)18-9-8-15-12(16)2-1-3-13(15)17/h10-11H,1-9,14H2. The van der Waals surface area contributed by atoms with E-state index < -0.39 is 0 Å². The summed E-state index contributed by atoms with van der Waals surface area (Å²) >= 11 is 0. The molecule has 1 aliphatic carbocycles. The number of likely N-dealkylation sites (tertiary alicyclic amines) is 1. The van der Waals surface area contributed by atoms with Crippen LogP contribution in [0.1, 0.15) is 44.9 Å². The molecule has 0 aromatic carbocycles. The van der Waals surface area contributed by atoms with Gasteiger partial charge < -0.3 is 10.5 Å². The Kier molecular flexibility index (Phi) is 4.72. The SMILES string of the molecule is NC1CCC(OCCN2C(=O)CCCC2=O)CC1. The van der Waals surface area contributed by atoms with Crippen molar-refractivity contribution in [3.8, 4) is 0 Å². The lowest BCUT2D eigenvalue weighted by atomic mass is 9.94. The second-order valence-electron chi connectivity index (χ2n) is 5.20.